The van der Waals surface area contributed by atoms with Crippen molar-refractivity contribution in [1.82, 2.24) is 9.97 Å². The number of nitrogens with zero attached hydrogens (tertiary/aromatic N) is 2. The number of rotatable bonds is 0. The van der Waals surface area contributed by atoms with Gasteiger partial charge in [-0.25, -0.2) is 0 Å². The van der Waals surface area contributed by atoms with Crippen LogP contribution in [0.15, 0.2) is 36.5 Å². The highest BCUT2D eigenvalue weighted by Crippen LogP contribution is 2.23. The van der Waals surface area contributed by atoms with Gasteiger partial charge in [-0.3, -0.25) is 9.97 Å². The quantitative estimate of drug-likeness (QED) is 0.529. The molecule has 78 valence electrons. The van der Waals surface area contributed by atoms with Gasteiger partial charge in [0.1, 0.15) is 0 Å². The summed E-state index contributed by atoms with van der Waals surface area (Å²) in [6.07, 6.45) is 1.90. The zero-order valence-electron chi connectivity index (χ0n) is 9.36. The number of benzene rings is 1. The predicted octanol–water partition coefficient (Wildman–Crippen LogP) is 3.40. The zero-order valence-corrected chi connectivity index (χ0v) is 9.36. The molecule has 0 fully saturated rings. The Balaban J connectivity index is 2.50. The first kappa shape index (κ1) is 9.28. The van der Waals surface area contributed by atoms with E-state index in [1.165, 1.54) is 10.9 Å². The molecule has 0 unspecified atom stereocenters. The van der Waals surface area contributed by atoms with E-state index < -0.39 is 0 Å². The van der Waals surface area contributed by atoms with Crippen LogP contribution in [0.1, 0.15) is 11.3 Å². The first-order valence-corrected chi connectivity index (χ1v) is 5.37. The number of aromatic nitrogens is 2. The van der Waals surface area contributed by atoms with Crippen molar-refractivity contribution in [3.05, 3.63) is 47.8 Å². The summed E-state index contributed by atoms with van der Waals surface area (Å²) < 4.78 is 0. The van der Waals surface area contributed by atoms with Crippen LogP contribution in [0.2, 0.25) is 0 Å². The Morgan fingerprint density at radius 1 is 1.00 bits per heavy atom. The molecule has 0 atom stereocenters. The maximum Gasteiger partial charge on any atom is 0.0796 e. The third-order valence-electron chi connectivity index (χ3n) is 2.79. The summed E-state index contributed by atoms with van der Waals surface area (Å²) in [4.78, 5) is 9.01. The molecule has 0 saturated heterocycles. The third kappa shape index (κ3) is 1.34. The second-order valence-electron chi connectivity index (χ2n) is 4.17. The van der Waals surface area contributed by atoms with Gasteiger partial charge in [0.05, 0.1) is 11.0 Å². The van der Waals surface area contributed by atoms with E-state index in [0.29, 0.717) is 0 Å². The molecule has 3 aromatic rings. The highest BCUT2D eigenvalue weighted by Gasteiger charge is 2.02. The smallest absolute Gasteiger partial charge is 0.0796 e. The SMILES string of the molecule is Cc1cnc2c(ccc3nc(C)ccc32)c1. The number of fused-ring (bicyclic) bond motifs is 3. The van der Waals surface area contributed by atoms with E-state index in [1.54, 1.807) is 0 Å². The standard InChI is InChI=1S/C14H12N2/c1-9-7-11-4-6-13-12(14(11)15-8-9)5-3-10(2)16-13/h3-8H,1-2H3. The van der Waals surface area contributed by atoms with E-state index >= 15 is 0 Å². The van der Waals surface area contributed by atoms with Gasteiger partial charge in [-0.2, -0.15) is 0 Å². The fourth-order valence-corrected chi connectivity index (χ4v) is 2.02. The summed E-state index contributed by atoms with van der Waals surface area (Å²) in [7, 11) is 0. The van der Waals surface area contributed by atoms with Crippen LogP contribution < -0.4 is 0 Å². The Bertz CT molecular complexity index is 626. The molecule has 2 nitrogen and oxygen atoms in total. The fourth-order valence-electron chi connectivity index (χ4n) is 2.02. The summed E-state index contributed by atoms with van der Waals surface area (Å²) in [5.74, 6) is 0. The van der Waals surface area contributed by atoms with E-state index in [2.05, 4.69) is 41.2 Å². The minimum atomic E-state index is 1.02. The molecule has 2 heteroatoms. The van der Waals surface area contributed by atoms with Crippen LogP contribution in [0, 0.1) is 13.8 Å². The van der Waals surface area contributed by atoms with Crippen molar-refractivity contribution >= 4 is 21.8 Å². The van der Waals surface area contributed by atoms with Gasteiger partial charge in [0.2, 0.25) is 0 Å². The Hall–Kier alpha value is -1.96. The topological polar surface area (TPSA) is 25.8 Å². The lowest BCUT2D eigenvalue weighted by molar-refractivity contribution is 1.25. The summed E-state index contributed by atoms with van der Waals surface area (Å²) >= 11 is 0. The third-order valence-corrected chi connectivity index (χ3v) is 2.79. The van der Waals surface area contributed by atoms with Crippen molar-refractivity contribution in [3.63, 3.8) is 0 Å². The molecule has 2 aromatic heterocycles. The van der Waals surface area contributed by atoms with E-state index in [-0.39, 0.29) is 0 Å². The van der Waals surface area contributed by atoms with Crippen LogP contribution in [0.3, 0.4) is 0 Å². The monoisotopic (exact) mass is 208 g/mol. The van der Waals surface area contributed by atoms with Crippen LogP contribution in [-0.2, 0) is 0 Å². The van der Waals surface area contributed by atoms with Gasteiger partial charge in [-0.15, -0.1) is 0 Å². The molecule has 0 radical (unpaired) electrons. The summed E-state index contributed by atoms with van der Waals surface area (Å²) in [5.41, 5.74) is 4.28. The van der Waals surface area contributed by atoms with Crippen LogP contribution in [-0.4, -0.2) is 9.97 Å². The van der Waals surface area contributed by atoms with E-state index in [1.807, 2.05) is 19.2 Å². The molecule has 16 heavy (non-hydrogen) atoms. The Morgan fingerprint density at radius 2 is 1.88 bits per heavy atom. The van der Waals surface area contributed by atoms with Gasteiger partial charge in [0.25, 0.3) is 0 Å². The molecular formula is C14H12N2. The average Bonchev–Trinajstić information content (AvgIpc) is 2.28. The first-order chi connectivity index (χ1) is 7.74. The first-order valence-electron chi connectivity index (χ1n) is 5.37. The molecule has 0 aliphatic rings. The molecule has 1 aromatic carbocycles. The molecule has 0 bridgehead atoms. The number of pyridine rings is 2. The number of aryl methyl sites for hydroxylation is 2. The number of hydrogen-bond acceptors (Lipinski definition) is 2. The van der Waals surface area contributed by atoms with Crippen molar-refractivity contribution in [2.24, 2.45) is 0 Å². The van der Waals surface area contributed by atoms with Gasteiger partial charge < -0.3 is 0 Å². The normalized spacial score (nSPS) is 11.1. The lowest BCUT2D eigenvalue weighted by atomic mass is 10.1. The maximum atomic E-state index is 4.51. The van der Waals surface area contributed by atoms with Gasteiger partial charge in [0.15, 0.2) is 0 Å². The molecule has 3 rings (SSSR count). The predicted molar refractivity (Wildman–Crippen MR) is 66.5 cm³/mol. The van der Waals surface area contributed by atoms with Gasteiger partial charge in [-0.05, 0) is 43.7 Å². The maximum absolute atomic E-state index is 4.51. The highest BCUT2D eigenvalue weighted by atomic mass is 14.7. The molecule has 0 aliphatic carbocycles. The van der Waals surface area contributed by atoms with Crippen molar-refractivity contribution in [3.8, 4) is 0 Å². The Labute approximate surface area is 94.0 Å². The molecule has 2 heterocycles. The van der Waals surface area contributed by atoms with Crippen LogP contribution >= 0.6 is 0 Å². The molecule has 0 spiro atoms. The summed E-state index contributed by atoms with van der Waals surface area (Å²) in [6.45, 7) is 4.07. The van der Waals surface area contributed by atoms with Gasteiger partial charge in [-0.1, -0.05) is 6.07 Å². The molecular weight excluding hydrogens is 196 g/mol. The molecule has 0 saturated carbocycles. The summed E-state index contributed by atoms with van der Waals surface area (Å²) in [6, 6.07) is 10.4. The van der Waals surface area contributed by atoms with Gasteiger partial charge >= 0.3 is 0 Å². The van der Waals surface area contributed by atoms with E-state index in [9.17, 15) is 0 Å². The van der Waals surface area contributed by atoms with Crippen molar-refractivity contribution in [2.45, 2.75) is 13.8 Å². The molecule has 0 amide bonds. The zero-order chi connectivity index (χ0) is 11.1. The fraction of sp³-hybridized carbons (Fsp3) is 0.143. The molecule has 0 aliphatic heterocycles. The minimum Gasteiger partial charge on any atom is -0.255 e. The Morgan fingerprint density at radius 3 is 2.75 bits per heavy atom. The van der Waals surface area contributed by atoms with Gasteiger partial charge in [0, 0.05) is 22.7 Å². The number of hydrogen-bond donors (Lipinski definition) is 0. The average molecular weight is 208 g/mol. The van der Waals surface area contributed by atoms with E-state index in [4.69, 9.17) is 0 Å². The van der Waals surface area contributed by atoms with Crippen molar-refractivity contribution < 1.29 is 0 Å². The van der Waals surface area contributed by atoms with E-state index in [0.717, 1.165) is 22.1 Å². The van der Waals surface area contributed by atoms with Crippen molar-refractivity contribution in [1.29, 1.82) is 0 Å². The lowest BCUT2D eigenvalue weighted by Crippen LogP contribution is -1.87. The summed E-state index contributed by atoms with van der Waals surface area (Å²) in [5, 5.41) is 2.31. The lowest BCUT2D eigenvalue weighted by Gasteiger charge is -2.04. The van der Waals surface area contributed by atoms with Crippen LogP contribution in [0.4, 0.5) is 0 Å². The Kier molecular flexibility index (Phi) is 1.90. The van der Waals surface area contributed by atoms with Crippen LogP contribution in [0.5, 0.6) is 0 Å². The second-order valence-corrected chi connectivity index (χ2v) is 4.17. The minimum absolute atomic E-state index is 1.02. The van der Waals surface area contributed by atoms with Crippen LogP contribution in [0.25, 0.3) is 21.8 Å². The molecule has 0 N–H and O–H groups in total. The highest BCUT2D eigenvalue weighted by molar-refractivity contribution is 6.03. The largest absolute Gasteiger partial charge is 0.255 e. The second kappa shape index (κ2) is 3.27. The van der Waals surface area contributed by atoms with Crippen molar-refractivity contribution in [2.75, 3.05) is 0 Å².